The zero-order valence-corrected chi connectivity index (χ0v) is 21.8. The molecule has 2 aliphatic heterocycles. The van der Waals surface area contributed by atoms with Crippen LogP contribution in [0.5, 0.6) is 5.75 Å². The van der Waals surface area contributed by atoms with Gasteiger partial charge in [0.05, 0.1) is 5.69 Å². The van der Waals surface area contributed by atoms with Crippen molar-refractivity contribution in [3.05, 3.63) is 24.3 Å². The summed E-state index contributed by atoms with van der Waals surface area (Å²) >= 11 is 0. The number of ether oxygens (including phenoxy) is 1. The van der Waals surface area contributed by atoms with Crippen LogP contribution in [-0.4, -0.2) is 77.0 Å². The van der Waals surface area contributed by atoms with Gasteiger partial charge in [0, 0.05) is 37.5 Å². The van der Waals surface area contributed by atoms with Crippen molar-refractivity contribution in [2.75, 3.05) is 56.2 Å². The Balaban J connectivity index is 1.27. The first-order chi connectivity index (χ1) is 17.8. The molecule has 2 aromatic heterocycles. The molecule has 1 saturated heterocycles. The van der Waals surface area contributed by atoms with E-state index in [0.29, 0.717) is 31.5 Å². The standard InChI is InChI=1S/C25H31F3N7OP/c1-33-11-12-37-21-20(33)22(29-14-16-7-9-34(10-8-16)15-17-5-6-17)32-35-23(30-31-24(21)35)18-3-2-4-19(13-18)36-25(26,27)28/h2-4,13,16-17,37H,5-12,14-15H2,1H3,(H,29,32). The molecular formula is C25H31F3N7OP. The van der Waals surface area contributed by atoms with Crippen molar-refractivity contribution >= 4 is 31.0 Å². The lowest BCUT2D eigenvalue weighted by atomic mass is 9.96. The van der Waals surface area contributed by atoms with Crippen LogP contribution in [-0.2, 0) is 0 Å². The highest BCUT2D eigenvalue weighted by molar-refractivity contribution is 7.48. The van der Waals surface area contributed by atoms with Crippen LogP contribution in [0.1, 0.15) is 25.7 Å². The van der Waals surface area contributed by atoms with Crippen LogP contribution in [0.4, 0.5) is 24.7 Å². The Bertz CT molecular complexity index is 1270. The molecule has 1 N–H and O–H groups in total. The van der Waals surface area contributed by atoms with Gasteiger partial charge in [-0.3, -0.25) is 0 Å². The lowest BCUT2D eigenvalue weighted by Crippen LogP contribution is -2.37. The van der Waals surface area contributed by atoms with E-state index in [1.54, 1.807) is 10.6 Å². The van der Waals surface area contributed by atoms with Crippen LogP contribution in [0, 0.1) is 11.8 Å². The molecule has 198 valence electrons. The SMILES string of the molecule is CN1CCPc2c1c(NCC1CCN(CC3CC3)CC1)nn1c(-c3cccc(OC(F)(F)F)c3)nnc21. The molecule has 1 unspecified atom stereocenters. The van der Waals surface area contributed by atoms with Gasteiger partial charge in [-0.25, -0.2) is 0 Å². The Hall–Kier alpha value is -2.65. The maximum Gasteiger partial charge on any atom is 0.573 e. The van der Waals surface area contributed by atoms with Crippen molar-refractivity contribution in [2.24, 2.45) is 11.8 Å². The molecule has 0 spiro atoms. The molecule has 12 heteroatoms. The highest BCUT2D eigenvalue weighted by Gasteiger charge is 2.32. The van der Waals surface area contributed by atoms with E-state index in [4.69, 9.17) is 5.10 Å². The number of fused-ring (bicyclic) bond motifs is 3. The second-order valence-corrected chi connectivity index (χ2v) is 11.7. The van der Waals surface area contributed by atoms with Crippen molar-refractivity contribution in [1.82, 2.24) is 24.7 Å². The summed E-state index contributed by atoms with van der Waals surface area (Å²) in [6.45, 7) is 5.34. The van der Waals surface area contributed by atoms with Crippen molar-refractivity contribution < 1.29 is 17.9 Å². The van der Waals surface area contributed by atoms with Gasteiger partial charge in [0.25, 0.3) is 0 Å². The van der Waals surface area contributed by atoms with Gasteiger partial charge in [-0.2, -0.15) is 4.52 Å². The minimum absolute atomic E-state index is 0.298. The van der Waals surface area contributed by atoms with Gasteiger partial charge in [-0.15, -0.1) is 28.5 Å². The highest BCUT2D eigenvalue weighted by Crippen LogP contribution is 2.35. The Kier molecular flexibility index (Phi) is 6.61. The fourth-order valence-corrected chi connectivity index (χ4v) is 6.80. The summed E-state index contributed by atoms with van der Waals surface area (Å²) in [6, 6.07) is 5.80. The van der Waals surface area contributed by atoms with Crippen molar-refractivity contribution in [3.63, 3.8) is 0 Å². The molecule has 1 aliphatic carbocycles. The third-order valence-electron chi connectivity index (χ3n) is 7.46. The molecule has 2 fully saturated rings. The number of benzene rings is 1. The van der Waals surface area contributed by atoms with Crippen molar-refractivity contribution in [2.45, 2.75) is 32.0 Å². The number of anilines is 2. The van der Waals surface area contributed by atoms with Gasteiger partial charge in [0.1, 0.15) is 5.75 Å². The van der Waals surface area contributed by atoms with E-state index >= 15 is 0 Å². The second kappa shape index (κ2) is 9.91. The number of rotatable bonds is 7. The first-order valence-corrected chi connectivity index (χ1v) is 14.1. The van der Waals surface area contributed by atoms with Crippen molar-refractivity contribution in [3.8, 4) is 17.1 Å². The molecule has 3 aromatic rings. The lowest BCUT2D eigenvalue weighted by Gasteiger charge is -2.33. The number of aromatic nitrogens is 4. The fraction of sp³-hybridized carbons (Fsp3) is 0.560. The average Bonchev–Trinajstić information content (AvgIpc) is 3.57. The van der Waals surface area contributed by atoms with E-state index in [1.165, 1.54) is 50.4 Å². The number of alkyl halides is 3. The molecule has 8 nitrogen and oxygen atoms in total. The molecule has 37 heavy (non-hydrogen) atoms. The van der Waals surface area contributed by atoms with Gasteiger partial charge >= 0.3 is 6.36 Å². The number of hydrogen-bond donors (Lipinski definition) is 1. The minimum Gasteiger partial charge on any atom is -0.406 e. The number of nitrogens with zero attached hydrogens (tertiary/aromatic N) is 6. The molecule has 0 bridgehead atoms. The number of piperidine rings is 1. The van der Waals surface area contributed by atoms with Crippen LogP contribution >= 0.6 is 8.58 Å². The highest BCUT2D eigenvalue weighted by atomic mass is 31.1. The van der Waals surface area contributed by atoms with E-state index < -0.39 is 6.36 Å². The number of likely N-dealkylation sites (tertiary alicyclic amines) is 1. The summed E-state index contributed by atoms with van der Waals surface area (Å²) in [4.78, 5) is 4.82. The predicted octanol–water partition coefficient (Wildman–Crippen LogP) is 3.98. The summed E-state index contributed by atoms with van der Waals surface area (Å²) in [5, 5.41) is 18.4. The van der Waals surface area contributed by atoms with Crippen LogP contribution in [0.2, 0.25) is 0 Å². The van der Waals surface area contributed by atoms with Crippen LogP contribution in [0.25, 0.3) is 17.0 Å². The number of hydrogen-bond acceptors (Lipinski definition) is 7. The van der Waals surface area contributed by atoms with Gasteiger partial charge in [-0.1, -0.05) is 20.7 Å². The van der Waals surface area contributed by atoms with E-state index in [2.05, 4.69) is 37.1 Å². The fourth-order valence-electron chi connectivity index (χ4n) is 5.31. The van der Waals surface area contributed by atoms with E-state index in [9.17, 15) is 13.2 Å². The van der Waals surface area contributed by atoms with Gasteiger partial charge in [0.2, 0.25) is 0 Å². The maximum atomic E-state index is 12.8. The van der Waals surface area contributed by atoms with Gasteiger partial charge < -0.3 is 19.9 Å². The van der Waals surface area contributed by atoms with Crippen molar-refractivity contribution in [1.29, 1.82) is 0 Å². The average molecular weight is 534 g/mol. The van der Waals surface area contributed by atoms with Gasteiger partial charge in [-0.05, 0) is 68.9 Å². The molecule has 0 amide bonds. The molecule has 1 saturated carbocycles. The summed E-state index contributed by atoms with van der Waals surface area (Å²) in [7, 11) is 2.62. The van der Waals surface area contributed by atoms with Crippen LogP contribution < -0.4 is 20.3 Å². The summed E-state index contributed by atoms with van der Waals surface area (Å²) in [6.07, 6.45) is 1.37. The Labute approximate surface area is 215 Å². The molecular weight excluding hydrogens is 502 g/mol. The zero-order valence-electron chi connectivity index (χ0n) is 20.8. The molecule has 6 rings (SSSR count). The second-order valence-electron chi connectivity index (χ2n) is 10.3. The van der Waals surface area contributed by atoms with Gasteiger partial charge in [0.15, 0.2) is 17.3 Å². The Morgan fingerprint density at radius 1 is 1.08 bits per heavy atom. The van der Waals surface area contributed by atoms with Crippen LogP contribution in [0.15, 0.2) is 24.3 Å². The molecule has 0 radical (unpaired) electrons. The monoisotopic (exact) mass is 533 g/mol. The summed E-state index contributed by atoms with van der Waals surface area (Å²) in [5.74, 6) is 2.37. The predicted molar refractivity (Wildman–Crippen MR) is 139 cm³/mol. The normalized spacial score (nSPS) is 19.9. The lowest BCUT2D eigenvalue weighted by molar-refractivity contribution is -0.274. The molecule has 1 atom stereocenters. The number of nitrogens with one attached hydrogen (secondary N) is 1. The van der Waals surface area contributed by atoms with E-state index in [-0.39, 0.29) is 5.75 Å². The van der Waals surface area contributed by atoms with E-state index in [0.717, 1.165) is 55.1 Å². The molecule has 1 aromatic carbocycles. The van der Waals surface area contributed by atoms with Crippen LogP contribution in [0.3, 0.4) is 0 Å². The summed E-state index contributed by atoms with van der Waals surface area (Å²) in [5.41, 5.74) is 2.16. The Morgan fingerprint density at radius 3 is 2.65 bits per heavy atom. The topological polar surface area (TPSA) is 70.8 Å². The summed E-state index contributed by atoms with van der Waals surface area (Å²) < 4.78 is 44.1. The van der Waals surface area contributed by atoms with E-state index in [1.807, 2.05) is 0 Å². The first-order valence-electron chi connectivity index (χ1n) is 12.9. The largest absolute Gasteiger partial charge is 0.573 e. The smallest absolute Gasteiger partial charge is 0.406 e. The zero-order chi connectivity index (χ0) is 25.6. The Morgan fingerprint density at radius 2 is 1.89 bits per heavy atom. The number of halogens is 3. The molecule has 4 heterocycles. The first kappa shape index (κ1) is 24.7. The third-order valence-corrected chi connectivity index (χ3v) is 8.75. The maximum absolute atomic E-state index is 12.8. The molecule has 3 aliphatic rings. The minimum atomic E-state index is -4.76. The quantitative estimate of drug-likeness (QED) is 0.461. The third kappa shape index (κ3) is 5.48.